The quantitative estimate of drug-likeness (QED) is 0.574. The van der Waals surface area contributed by atoms with E-state index < -0.39 is 24.3 Å². The van der Waals surface area contributed by atoms with Gasteiger partial charge in [-0.05, 0) is 61.3 Å². The van der Waals surface area contributed by atoms with Gasteiger partial charge in [0.2, 0.25) is 0 Å². The minimum atomic E-state index is -4.57. The van der Waals surface area contributed by atoms with Crippen LogP contribution < -0.4 is 10.1 Å². The largest absolute Gasteiger partial charge is 0.481 e. The summed E-state index contributed by atoms with van der Waals surface area (Å²) in [4.78, 5) is 16.7. The lowest BCUT2D eigenvalue weighted by Crippen LogP contribution is -2.42. The van der Waals surface area contributed by atoms with Crippen molar-refractivity contribution in [2.75, 3.05) is 33.3 Å². The molecule has 2 aromatic carbocycles. The van der Waals surface area contributed by atoms with Crippen LogP contribution in [0.4, 0.5) is 26.7 Å². The van der Waals surface area contributed by atoms with Gasteiger partial charge >= 0.3 is 12.2 Å². The van der Waals surface area contributed by atoms with Crippen LogP contribution in [0.2, 0.25) is 0 Å². The lowest BCUT2D eigenvalue weighted by Gasteiger charge is -2.26. The van der Waals surface area contributed by atoms with Crippen molar-refractivity contribution in [1.82, 2.24) is 15.1 Å². The Morgan fingerprint density at radius 2 is 1.85 bits per heavy atom. The lowest BCUT2D eigenvalue weighted by molar-refractivity contribution is -0.153. The zero-order chi connectivity index (χ0) is 24.0. The first-order valence-electron chi connectivity index (χ1n) is 10.5. The fraction of sp³-hybridized carbons (Fsp3) is 0.435. The number of hydrogen-bond acceptors (Lipinski definition) is 3. The summed E-state index contributed by atoms with van der Waals surface area (Å²) in [5.74, 6) is -1.52. The average Bonchev–Trinajstić information content (AvgIpc) is 3.16. The molecule has 1 fully saturated rings. The molecule has 1 aliphatic rings. The number of nitrogens with zero attached hydrogens (tertiary/aromatic N) is 2. The van der Waals surface area contributed by atoms with Crippen molar-refractivity contribution in [3.63, 3.8) is 0 Å². The Morgan fingerprint density at radius 3 is 2.45 bits per heavy atom. The Labute approximate surface area is 189 Å². The Kier molecular flexibility index (Phi) is 8.12. The third kappa shape index (κ3) is 7.88. The van der Waals surface area contributed by atoms with Crippen molar-refractivity contribution in [1.29, 1.82) is 0 Å². The fourth-order valence-electron chi connectivity index (χ4n) is 3.74. The van der Waals surface area contributed by atoms with E-state index in [1.807, 2.05) is 7.05 Å². The van der Waals surface area contributed by atoms with Crippen LogP contribution in [0.1, 0.15) is 17.5 Å². The van der Waals surface area contributed by atoms with Gasteiger partial charge in [-0.2, -0.15) is 13.2 Å². The van der Waals surface area contributed by atoms with E-state index in [-0.39, 0.29) is 24.9 Å². The maximum Gasteiger partial charge on any atom is 0.422 e. The number of benzene rings is 2. The molecule has 0 aromatic heterocycles. The Morgan fingerprint density at radius 1 is 1.15 bits per heavy atom. The monoisotopic (exact) mass is 471 g/mol. The van der Waals surface area contributed by atoms with Crippen LogP contribution in [-0.2, 0) is 13.1 Å². The van der Waals surface area contributed by atoms with Crippen LogP contribution in [-0.4, -0.2) is 55.3 Å². The molecule has 2 amide bonds. The van der Waals surface area contributed by atoms with E-state index in [0.29, 0.717) is 18.0 Å². The molecule has 0 spiro atoms. The molecule has 1 atom stereocenters. The van der Waals surface area contributed by atoms with Gasteiger partial charge in [-0.25, -0.2) is 13.6 Å². The van der Waals surface area contributed by atoms with E-state index in [2.05, 4.69) is 15.0 Å². The average molecular weight is 471 g/mol. The van der Waals surface area contributed by atoms with E-state index in [9.17, 15) is 26.7 Å². The van der Waals surface area contributed by atoms with E-state index >= 15 is 0 Å². The summed E-state index contributed by atoms with van der Waals surface area (Å²) in [6, 6.07) is 9.06. The number of rotatable bonds is 8. The first kappa shape index (κ1) is 24.8. The molecule has 2 aromatic rings. The van der Waals surface area contributed by atoms with E-state index in [0.717, 1.165) is 37.2 Å². The highest BCUT2D eigenvalue weighted by Gasteiger charge is 2.29. The second-order valence-electron chi connectivity index (χ2n) is 8.25. The zero-order valence-electron chi connectivity index (χ0n) is 18.2. The highest BCUT2D eigenvalue weighted by molar-refractivity contribution is 5.74. The number of amides is 2. The van der Waals surface area contributed by atoms with Gasteiger partial charge in [0.25, 0.3) is 0 Å². The number of nitrogens with one attached hydrogen (secondary N) is 1. The summed E-state index contributed by atoms with van der Waals surface area (Å²) < 4.78 is 68.6. The fourth-order valence-corrected chi connectivity index (χ4v) is 3.74. The van der Waals surface area contributed by atoms with Gasteiger partial charge in [-0.3, -0.25) is 0 Å². The van der Waals surface area contributed by atoms with Crippen LogP contribution >= 0.6 is 0 Å². The summed E-state index contributed by atoms with van der Waals surface area (Å²) in [6.07, 6.45) is -3.62. The molecule has 0 bridgehead atoms. The summed E-state index contributed by atoms with van der Waals surface area (Å²) in [5.41, 5.74) is 1.15. The topological polar surface area (TPSA) is 44.8 Å². The predicted molar refractivity (Wildman–Crippen MR) is 113 cm³/mol. The minimum Gasteiger partial charge on any atom is -0.481 e. The second kappa shape index (κ2) is 10.8. The molecule has 180 valence electrons. The van der Waals surface area contributed by atoms with E-state index in [4.69, 9.17) is 0 Å². The number of urea groups is 1. The Balaban J connectivity index is 1.62. The molecule has 0 unspecified atom stereocenters. The maximum atomic E-state index is 14.1. The van der Waals surface area contributed by atoms with Crippen LogP contribution in [0.3, 0.4) is 0 Å². The number of ether oxygens (including phenoxy) is 1. The molecule has 0 radical (unpaired) electrons. The van der Waals surface area contributed by atoms with Crippen molar-refractivity contribution in [3.8, 4) is 5.75 Å². The Hall–Kier alpha value is -2.88. The van der Waals surface area contributed by atoms with E-state index in [1.165, 1.54) is 18.2 Å². The van der Waals surface area contributed by atoms with Crippen LogP contribution in [0.5, 0.6) is 5.75 Å². The Bertz CT molecular complexity index is 937. The van der Waals surface area contributed by atoms with Crippen LogP contribution in [0.25, 0.3) is 0 Å². The summed E-state index contributed by atoms with van der Waals surface area (Å²) in [7, 11) is 2.01. The predicted octanol–water partition coefficient (Wildman–Crippen LogP) is 4.57. The smallest absolute Gasteiger partial charge is 0.422 e. The van der Waals surface area contributed by atoms with Gasteiger partial charge in [0, 0.05) is 26.2 Å². The number of carbonyl (C=O) groups excluding carboxylic acids is 1. The van der Waals surface area contributed by atoms with Gasteiger partial charge in [0.1, 0.15) is 5.82 Å². The molecule has 1 saturated heterocycles. The van der Waals surface area contributed by atoms with Crippen molar-refractivity contribution in [2.24, 2.45) is 5.92 Å². The maximum absolute atomic E-state index is 14.1. The molecule has 10 heteroatoms. The van der Waals surface area contributed by atoms with Crippen LogP contribution in [0, 0.1) is 17.6 Å². The van der Waals surface area contributed by atoms with E-state index in [1.54, 1.807) is 17.0 Å². The second-order valence-corrected chi connectivity index (χ2v) is 8.25. The molecule has 0 saturated carbocycles. The van der Waals surface area contributed by atoms with Gasteiger partial charge in [0.15, 0.2) is 18.2 Å². The van der Waals surface area contributed by atoms with Gasteiger partial charge < -0.3 is 19.9 Å². The van der Waals surface area contributed by atoms with Gasteiger partial charge in [-0.15, -0.1) is 0 Å². The molecular weight excluding hydrogens is 445 g/mol. The molecular formula is C23H26F5N3O2. The zero-order valence-corrected chi connectivity index (χ0v) is 18.2. The molecule has 1 N–H and O–H groups in total. The highest BCUT2D eigenvalue weighted by Crippen LogP contribution is 2.22. The SMILES string of the molecule is CN1CC[C@@H](CN(Cc2ccc(F)cc2)C(=O)NCc2ccc(OCC(F)(F)F)c(F)c2)C1. The van der Waals surface area contributed by atoms with Crippen molar-refractivity contribution >= 4 is 6.03 Å². The number of carbonyl (C=O) groups is 1. The van der Waals surface area contributed by atoms with Crippen molar-refractivity contribution < 1.29 is 31.5 Å². The number of alkyl halides is 3. The van der Waals surface area contributed by atoms with Crippen molar-refractivity contribution in [2.45, 2.75) is 25.7 Å². The molecule has 33 heavy (non-hydrogen) atoms. The lowest BCUT2D eigenvalue weighted by atomic mass is 10.1. The molecule has 3 rings (SSSR count). The normalized spacial score (nSPS) is 16.6. The minimum absolute atomic E-state index is 0.0141. The summed E-state index contributed by atoms with van der Waals surface area (Å²) in [5, 5.41) is 2.73. The first-order valence-corrected chi connectivity index (χ1v) is 10.5. The summed E-state index contributed by atoms with van der Waals surface area (Å²) in [6.45, 7) is 0.988. The van der Waals surface area contributed by atoms with Gasteiger partial charge in [-0.1, -0.05) is 18.2 Å². The standard InChI is InChI=1S/C23H26F5N3O2/c1-30-9-8-18(12-30)14-31(13-16-2-5-19(24)6-3-16)22(32)29-11-17-4-7-21(20(25)10-17)33-15-23(26,27)28/h2-7,10,18H,8-9,11-15H2,1H3,(H,29,32)/t18-/m1/s1. The van der Waals surface area contributed by atoms with Crippen LogP contribution in [0.15, 0.2) is 42.5 Å². The number of halogens is 5. The third-order valence-electron chi connectivity index (χ3n) is 5.37. The highest BCUT2D eigenvalue weighted by atomic mass is 19.4. The molecule has 1 heterocycles. The first-order chi connectivity index (χ1) is 15.6. The third-order valence-corrected chi connectivity index (χ3v) is 5.37. The number of likely N-dealkylation sites (tertiary alicyclic amines) is 1. The van der Waals surface area contributed by atoms with Crippen molar-refractivity contribution in [3.05, 3.63) is 65.2 Å². The molecule has 0 aliphatic carbocycles. The van der Waals surface area contributed by atoms with Gasteiger partial charge in [0.05, 0.1) is 0 Å². The molecule has 5 nitrogen and oxygen atoms in total. The molecule has 1 aliphatic heterocycles. The number of hydrogen-bond donors (Lipinski definition) is 1. The summed E-state index contributed by atoms with van der Waals surface area (Å²) >= 11 is 0.